The van der Waals surface area contributed by atoms with E-state index in [0.717, 1.165) is 12.8 Å². The molecule has 0 aliphatic carbocycles. The zero-order chi connectivity index (χ0) is 22.7. The maximum absolute atomic E-state index is 12.2. The summed E-state index contributed by atoms with van der Waals surface area (Å²) in [5.41, 5.74) is 6.89. The van der Waals surface area contributed by atoms with Crippen LogP contribution in [0.15, 0.2) is 18.2 Å². The summed E-state index contributed by atoms with van der Waals surface area (Å²) < 4.78 is 5.37. The Morgan fingerprint density at radius 3 is 1.61 bits per heavy atom. The number of esters is 1. The lowest BCUT2D eigenvalue weighted by molar-refractivity contribution is 0.0496. The molecule has 4 nitrogen and oxygen atoms in total. The van der Waals surface area contributed by atoms with Gasteiger partial charge in [-0.05, 0) is 37.1 Å². The van der Waals surface area contributed by atoms with Crippen molar-refractivity contribution in [3.8, 4) is 0 Å². The Morgan fingerprint density at radius 2 is 1.19 bits per heavy atom. The molecular weight excluding hydrogens is 386 g/mol. The topological polar surface area (TPSA) is 69.4 Å². The van der Waals surface area contributed by atoms with Gasteiger partial charge in [-0.3, -0.25) is 4.79 Å². The van der Waals surface area contributed by atoms with Gasteiger partial charge in [0.25, 0.3) is 0 Å². The summed E-state index contributed by atoms with van der Waals surface area (Å²) >= 11 is 0. The highest BCUT2D eigenvalue weighted by Gasteiger charge is 2.12. The number of benzene rings is 1. The second-order valence-corrected chi connectivity index (χ2v) is 8.83. The van der Waals surface area contributed by atoms with Crippen LogP contribution < -0.4 is 5.73 Å². The lowest BCUT2D eigenvalue weighted by Gasteiger charge is -2.08. The molecule has 0 radical (unpaired) electrons. The lowest BCUT2D eigenvalue weighted by Crippen LogP contribution is -2.13. The van der Waals surface area contributed by atoms with Gasteiger partial charge in [-0.25, -0.2) is 4.79 Å². The number of amides is 1. The molecule has 0 saturated heterocycles. The van der Waals surface area contributed by atoms with Crippen molar-refractivity contribution in [2.75, 3.05) is 6.61 Å². The summed E-state index contributed by atoms with van der Waals surface area (Å²) in [4.78, 5) is 23.4. The molecule has 0 heterocycles. The number of rotatable bonds is 19. The highest BCUT2D eigenvalue weighted by molar-refractivity contribution is 5.96. The molecule has 0 unspecified atom stereocenters. The zero-order valence-electron chi connectivity index (χ0n) is 20.1. The minimum absolute atomic E-state index is 0.325. The SMILES string of the molecule is CCCCCCCCCCCCCCCCCCOC(=O)c1ccc(C(N)=O)cc1C. The van der Waals surface area contributed by atoms with E-state index in [1.807, 2.05) is 0 Å². The number of unbranched alkanes of at least 4 members (excludes halogenated alkanes) is 15. The molecule has 176 valence electrons. The van der Waals surface area contributed by atoms with Crippen molar-refractivity contribution >= 4 is 11.9 Å². The number of hydrogen-bond donors (Lipinski definition) is 1. The predicted octanol–water partition coefficient (Wildman–Crippen LogP) is 7.51. The molecule has 0 fully saturated rings. The van der Waals surface area contributed by atoms with Crippen LogP contribution in [-0.4, -0.2) is 18.5 Å². The molecule has 1 aromatic rings. The van der Waals surface area contributed by atoms with Crippen LogP contribution in [0, 0.1) is 6.92 Å². The summed E-state index contributed by atoms with van der Waals surface area (Å²) in [7, 11) is 0. The molecule has 31 heavy (non-hydrogen) atoms. The summed E-state index contributed by atoms with van der Waals surface area (Å²) in [6.07, 6.45) is 21.2. The van der Waals surface area contributed by atoms with Crippen LogP contribution in [0.5, 0.6) is 0 Å². The smallest absolute Gasteiger partial charge is 0.338 e. The fourth-order valence-electron chi connectivity index (χ4n) is 3.94. The third kappa shape index (κ3) is 13.2. The summed E-state index contributed by atoms with van der Waals surface area (Å²) in [5, 5.41) is 0. The van der Waals surface area contributed by atoms with Crippen molar-refractivity contribution in [1.82, 2.24) is 0 Å². The largest absolute Gasteiger partial charge is 0.462 e. The van der Waals surface area contributed by atoms with Gasteiger partial charge in [0.2, 0.25) is 5.91 Å². The maximum Gasteiger partial charge on any atom is 0.338 e. The molecule has 1 aromatic carbocycles. The number of carbonyl (C=O) groups excluding carboxylic acids is 2. The van der Waals surface area contributed by atoms with Crippen LogP contribution >= 0.6 is 0 Å². The van der Waals surface area contributed by atoms with E-state index in [1.54, 1.807) is 25.1 Å². The van der Waals surface area contributed by atoms with Gasteiger partial charge < -0.3 is 10.5 Å². The Hall–Kier alpha value is -1.84. The molecule has 1 rings (SSSR count). The Balaban J connectivity index is 1.91. The van der Waals surface area contributed by atoms with E-state index in [9.17, 15) is 9.59 Å². The monoisotopic (exact) mass is 431 g/mol. The third-order valence-electron chi connectivity index (χ3n) is 5.96. The minimum atomic E-state index is -0.490. The average Bonchev–Trinajstić information content (AvgIpc) is 2.75. The predicted molar refractivity (Wildman–Crippen MR) is 130 cm³/mol. The highest BCUT2D eigenvalue weighted by atomic mass is 16.5. The molecular formula is C27H45NO3. The van der Waals surface area contributed by atoms with Crippen molar-refractivity contribution < 1.29 is 14.3 Å². The molecule has 1 amide bonds. The normalized spacial score (nSPS) is 10.9. The quantitative estimate of drug-likeness (QED) is 0.182. The number of hydrogen-bond acceptors (Lipinski definition) is 3. The highest BCUT2D eigenvalue weighted by Crippen LogP contribution is 2.15. The Labute approximate surface area is 190 Å². The number of nitrogens with two attached hydrogens (primary N) is 1. The van der Waals surface area contributed by atoms with E-state index < -0.39 is 5.91 Å². The molecule has 0 aliphatic rings. The van der Waals surface area contributed by atoms with Crippen LogP contribution in [0.1, 0.15) is 136 Å². The second-order valence-electron chi connectivity index (χ2n) is 8.83. The molecule has 0 saturated carbocycles. The average molecular weight is 432 g/mol. The van der Waals surface area contributed by atoms with Gasteiger partial charge in [0, 0.05) is 5.56 Å². The maximum atomic E-state index is 12.2. The van der Waals surface area contributed by atoms with Crippen LogP contribution in [0.2, 0.25) is 0 Å². The van der Waals surface area contributed by atoms with Gasteiger partial charge in [0.05, 0.1) is 12.2 Å². The molecule has 4 heteroatoms. The Morgan fingerprint density at radius 1 is 0.742 bits per heavy atom. The van der Waals surface area contributed by atoms with Crippen molar-refractivity contribution in [2.45, 2.75) is 117 Å². The van der Waals surface area contributed by atoms with Crippen LogP contribution in [0.4, 0.5) is 0 Å². The second kappa shape index (κ2) is 17.8. The Kier molecular flexibility index (Phi) is 15.6. The third-order valence-corrected chi connectivity index (χ3v) is 5.96. The van der Waals surface area contributed by atoms with E-state index in [1.165, 1.54) is 89.9 Å². The molecule has 0 bridgehead atoms. The summed E-state index contributed by atoms with van der Waals surface area (Å²) in [6, 6.07) is 4.82. The summed E-state index contributed by atoms with van der Waals surface area (Å²) in [5.74, 6) is -0.814. The number of aryl methyl sites for hydroxylation is 1. The molecule has 2 N–H and O–H groups in total. The van der Waals surface area contributed by atoms with Gasteiger partial charge in [-0.2, -0.15) is 0 Å². The van der Waals surface area contributed by atoms with Crippen molar-refractivity contribution in [1.29, 1.82) is 0 Å². The molecule has 0 spiro atoms. The first-order chi connectivity index (χ1) is 15.1. The lowest BCUT2D eigenvalue weighted by atomic mass is 10.0. The van der Waals surface area contributed by atoms with Crippen LogP contribution in [0.3, 0.4) is 0 Å². The number of primary amides is 1. The fraction of sp³-hybridized carbons (Fsp3) is 0.704. The fourth-order valence-corrected chi connectivity index (χ4v) is 3.94. The zero-order valence-corrected chi connectivity index (χ0v) is 20.1. The van der Waals surface area contributed by atoms with Crippen LogP contribution in [0.25, 0.3) is 0 Å². The van der Waals surface area contributed by atoms with Crippen molar-refractivity contribution in [3.05, 3.63) is 34.9 Å². The van der Waals surface area contributed by atoms with Crippen LogP contribution in [-0.2, 0) is 4.74 Å². The van der Waals surface area contributed by atoms with Crippen molar-refractivity contribution in [3.63, 3.8) is 0 Å². The number of carbonyl (C=O) groups is 2. The molecule has 0 aliphatic heterocycles. The van der Waals surface area contributed by atoms with Crippen molar-refractivity contribution in [2.24, 2.45) is 5.73 Å². The van der Waals surface area contributed by atoms with E-state index in [2.05, 4.69) is 6.92 Å². The standard InChI is InChI=1S/C27H45NO3/c1-3-4-5-6-7-8-9-10-11-12-13-14-15-16-17-18-21-31-27(30)25-20-19-24(26(28)29)22-23(25)2/h19-20,22H,3-18,21H2,1-2H3,(H2,28,29). The minimum Gasteiger partial charge on any atom is -0.462 e. The molecule has 0 atom stereocenters. The van der Waals surface area contributed by atoms with E-state index in [4.69, 9.17) is 10.5 Å². The van der Waals surface area contributed by atoms with Gasteiger partial charge in [-0.1, -0.05) is 103 Å². The molecule has 0 aromatic heterocycles. The van der Waals surface area contributed by atoms with Gasteiger partial charge in [0.15, 0.2) is 0 Å². The summed E-state index contributed by atoms with van der Waals surface area (Å²) in [6.45, 7) is 4.52. The van der Waals surface area contributed by atoms with Gasteiger partial charge in [0.1, 0.15) is 0 Å². The van der Waals surface area contributed by atoms with E-state index in [0.29, 0.717) is 23.3 Å². The first-order valence-corrected chi connectivity index (χ1v) is 12.6. The van der Waals surface area contributed by atoms with E-state index in [-0.39, 0.29) is 5.97 Å². The first-order valence-electron chi connectivity index (χ1n) is 12.6. The Bertz CT molecular complexity index is 627. The van der Waals surface area contributed by atoms with Gasteiger partial charge in [-0.15, -0.1) is 0 Å². The number of ether oxygens (including phenoxy) is 1. The van der Waals surface area contributed by atoms with Gasteiger partial charge >= 0.3 is 5.97 Å². The first kappa shape index (κ1) is 27.2. The van der Waals surface area contributed by atoms with E-state index >= 15 is 0 Å².